The van der Waals surface area contributed by atoms with E-state index >= 15 is 0 Å². The predicted molar refractivity (Wildman–Crippen MR) is 68.8 cm³/mol. The van der Waals surface area contributed by atoms with Crippen molar-refractivity contribution < 1.29 is 4.79 Å². The highest BCUT2D eigenvalue weighted by molar-refractivity contribution is 5.96. The van der Waals surface area contributed by atoms with Crippen LogP contribution in [0, 0.1) is 5.41 Å². The Labute approximate surface area is 98.9 Å². The van der Waals surface area contributed by atoms with Gasteiger partial charge in [0.1, 0.15) is 0 Å². The molecule has 0 N–H and O–H groups in total. The molecule has 0 aromatic heterocycles. The molecule has 0 aliphatic heterocycles. The van der Waals surface area contributed by atoms with Gasteiger partial charge in [0, 0.05) is 12.0 Å². The van der Waals surface area contributed by atoms with Gasteiger partial charge in [-0.3, -0.25) is 4.79 Å². The Kier molecular flexibility index (Phi) is 4.28. The number of carbonyl (C=O) groups excluding carboxylic acids is 1. The number of ketones is 1. The summed E-state index contributed by atoms with van der Waals surface area (Å²) in [6, 6.07) is 7.99. The zero-order valence-electron chi connectivity index (χ0n) is 10.8. The van der Waals surface area contributed by atoms with Crippen molar-refractivity contribution in [2.24, 2.45) is 5.41 Å². The van der Waals surface area contributed by atoms with Gasteiger partial charge in [-0.15, -0.1) is 0 Å². The van der Waals surface area contributed by atoms with Gasteiger partial charge in [-0.25, -0.2) is 0 Å². The highest BCUT2D eigenvalue weighted by Gasteiger charge is 2.13. The molecule has 0 heterocycles. The normalized spacial score (nSPS) is 11.5. The molecular formula is C15H22O. The zero-order chi connectivity index (χ0) is 12.2. The Morgan fingerprint density at radius 3 is 2.12 bits per heavy atom. The molecule has 0 amide bonds. The first kappa shape index (κ1) is 13.0. The number of Topliss-reactive ketones (excluding diaryl/α,β-unsaturated/α-hetero) is 1. The van der Waals surface area contributed by atoms with E-state index in [1.165, 1.54) is 5.56 Å². The number of carbonyl (C=O) groups is 1. The van der Waals surface area contributed by atoms with Gasteiger partial charge < -0.3 is 0 Å². The predicted octanol–water partition coefficient (Wildman–Crippen LogP) is 4.26. The maximum atomic E-state index is 11.9. The molecule has 0 saturated carbocycles. The lowest BCUT2D eigenvalue weighted by molar-refractivity contribution is 0.0966. The summed E-state index contributed by atoms with van der Waals surface area (Å²) in [5, 5.41) is 0. The number of rotatable bonds is 4. The van der Waals surface area contributed by atoms with Gasteiger partial charge in [-0.05, 0) is 23.8 Å². The van der Waals surface area contributed by atoms with E-state index in [1.807, 2.05) is 24.3 Å². The van der Waals surface area contributed by atoms with Crippen molar-refractivity contribution in [1.29, 1.82) is 0 Å². The molecule has 1 nitrogen and oxygen atoms in total. The molecule has 88 valence electrons. The third-order valence-corrected chi connectivity index (χ3v) is 2.79. The van der Waals surface area contributed by atoms with Gasteiger partial charge in [0.15, 0.2) is 5.78 Å². The third kappa shape index (κ3) is 4.18. The molecule has 0 aliphatic carbocycles. The summed E-state index contributed by atoms with van der Waals surface area (Å²) in [5.74, 6) is 0.262. The summed E-state index contributed by atoms with van der Waals surface area (Å²) in [6.07, 6.45) is 2.62. The fourth-order valence-corrected chi connectivity index (χ4v) is 1.56. The molecule has 16 heavy (non-hydrogen) atoms. The van der Waals surface area contributed by atoms with Gasteiger partial charge in [0.05, 0.1) is 0 Å². The first-order valence-electron chi connectivity index (χ1n) is 6.04. The Morgan fingerprint density at radius 2 is 1.69 bits per heavy atom. The lowest BCUT2D eigenvalue weighted by Crippen LogP contribution is -2.09. The van der Waals surface area contributed by atoms with E-state index in [4.69, 9.17) is 0 Å². The van der Waals surface area contributed by atoms with Gasteiger partial charge >= 0.3 is 0 Å². The van der Waals surface area contributed by atoms with Crippen LogP contribution < -0.4 is 0 Å². The smallest absolute Gasteiger partial charge is 0.162 e. The second kappa shape index (κ2) is 5.29. The van der Waals surface area contributed by atoms with Crippen LogP contribution in [0.25, 0.3) is 0 Å². The first-order valence-corrected chi connectivity index (χ1v) is 6.04. The van der Waals surface area contributed by atoms with Gasteiger partial charge in [0.25, 0.3) is 0 Å². The van der Waals surface area contributed by atoms with Crippen molar-refractivity contribution in [1.82, 2.24) is 0 Å². The maximum Gasteiger partial charge on any atom is 0.162 e. The van der Waals surface area contributed by atoms with Gasteiger partial charge in [-0.2, -0.15) is 0 Å². The van der Waals surface area contributed by atoms with Crippen molar-refractivity contribution in [2.45, 2.75) is 47.0 Å². The van der Waals surface area contributed by atoms with E-state index in [9.17, 15) is 4.79 Å². The van der Waals surface area contributed by atoms with E-state index in [1.54, 1.807) is 0 Å². The van der Waals surface area contributed by atoms with Crippen LogP contribution in [0.3, 0.4) is 0 Å². The number of benzene rings is 1. The van der Waals surface area contributed by atoms with Crippen LogP contribution in [0.2, 0.25) is 0 Å². The van der Waals surface area contributed by atoms with E-state index in [0.29, 0.717) is 6.42 Å². The molecule has 0 radical (unpaired) electrons. The van der Waals surface area contributed by atoms with E-state index in [-0.39, 0.29) is 11.2 Å². The van der Waals surface area contributed by atoms with E-state index < -0.39 is 0 Å². The Morgan fingerprint density at radius 1 is 1.12 bits per heavy atom. The van der Waals surface area contributed by atoms with Crippen molar-refractivity contribution in [3.8, 4) is 0 Å². The largest absolute Gasteiger partial charge is 0.294 e. The standard InChI is InChI=1S/C15H22O/c1-5-12-6-8-13(9-7-12)14(16)10-11-15(2,3)4/h6-9H,5,10-11H2,1-4H3. The highest BCUT2D eigenvalue weighted by Crippen LogP contribution is 2.22. The molecule has 0 saturated heterocycles. The molecular weight excluding hydrogens is 196 g/mol. The van der Waals surface area contributed by atoms with Crippen LogP contribution in [0.5, 0.6) is 0 Å². The SMILES string of the molecule is CCc1ccc(C(=O)CCC(C)(C)C)cc1. The molecule has 1 heteroatoms. The molecule has 1 aromatic carbocycles. The maximum absolute atomic E-state index is 11.9. The fraction of sp³-hybridized carbons (Fsp3) is 0.533. The van der Waals surface area contributed by atoms with Crippen molar-refractivity contribution in [3.05, 3.63) is 35.4 Å². The third-order valence-electron chi connectivity index (χ3n) is 2.79. The second-order valence-electron chi connectivity index (χ2n) is 5.53. The molecule has 0 spiro atoms. The Bertz CT molecular complexity index is 341. The van der Waals surface area contributed by atoms with Crippen LogP contribution >= 0.6 is 0 Å². The lowest BCUT2D eigenvalue weighted by atomic mass is 9.88. The van der Waals surface area contributed by atoms with Gasteiger partial charge in [-0.1, -0.05) is 52.0 Å². The molecule has 0 fully saturated rings. The summed E-state index contributed by atoms with van der Waals surface area (Å²) in [4.78, 5) is 11.9. The molecule has 0 aliphatic rings. The average Bonchev–Trinajstić information content (AvgIpc) is 2.25. The molecule has 0 atom stereocenters. The Hall–Kier alpha value is -1.11. The molecule has 1 rings (SSSR count). The quantitative estimate of drug-likeness (QED) is 0.690. The van der Waals surface area contributed by atoms with Crippen molar-refractivity contribution in [3.63, 3.8) is 0 Å². The number of hydrogen-bond acceptors (Lipinski definition) is 1. The van der Waals surface area contributed by atoms with Crippen LogP contribution in [0.15, 0.2) is 24.3 Å². The summed E-state index contributed by atoms with van der Waals surface area (Å²) in [5.41, 5.74) is 2.37. The van der Waals surface area contributed by atoms with Crippen molar-refractivity contribution in [2.75, 3.05) is 0 Å². The molecule has 0 unspecified atom stereocenters. The minimum Gasteiger partial charge on any atom is -0.294 e. The zero-order valence-corrected chi connectivity index (χ0v) is 10.8. The Balaban J connectivity index is 2.59. The van der Waals surface area contributed by atoms with Crippen LogP contribution in [-0.2, 0) is 6.42 Å². The highest BCUT2D eigenvalue weighted by atomic mass is 16.1. The average molecular weight is 218 g/mol. The summed E-state index contributed by atoms with van der Waals surface area (Å²) in [7, 11) is 0. The number of hydrogen-bond donors (Lipinski definition) is 0. The summed E-state index contributed by atoms with van der Waals surface area (Å²) in [6.45, 7) is 8.62. The van der Waals surface area contributed by atoms with Gasteiger partial charge in [0.2, 0.25) is 0 Å². The first-order chi connectivity index (χ1) is 7.42. The minimum atomic E-state index is 0.235. The summed E-state index contributed by atoms with van der Waals surface area (Å²) < 4.78 is 0. The lowest BCUT2D eigenvalue weighted by Gasteiger charge is -2.17. The van der Waals surface area contributed by atoms with E-state index in [0.717, 1.165) is 18.4 Å². The van der Waals surface area contributed by atoms with Crippen LogP contribution in [0.4, 0.5) is 0 Å². The van der Waals surface area contributed by atoms with Crippen molar-refractivity contribution >= 4 is 5.78 Å². The summed E-state index contributed by atoms with van der Waals surface area (Å²) >= 11 is 0. The number of aryl methyl sites for hydroxylation is 1. The molecule has 1 aromatic rings. The topological polar surface area (TPSA) is 17.1 Å². The van der Waals surface area contributed by atoms with E-state index in [2.05, 4.69) is 27.7 Å². The fourth-order valence-electron chi connectivity index (χ4n) is 1.56. The van der Waals surface area contributed by atoms with Crippen LogP contribution in [-0.4, -0.2) is 5.78 Å². The second-order valence-corrected chi connectivity index (χ2v) is 5.53. The monoisotopic (exact) mass is 218 g/mol. The minimum absolute atomic E-state index is 0.235. The molecule has 0 bridgehead atoms. The van der Waals surface area contributed by atoms with Crippen LogP contribution in [0.1, 0.15) is 56.5 Å².